The molecule has 4 nitrogen and oxygen atoms in total. The fraction of sp³-hybridized carbons (Fsp3) is 1.00. The summed E-state index contributed by atoms with van der Waals surface area (Å²) in [5.74, 6) is 0. The van der Waals surface area contributed by atoms with Crippen LogP contribution in [0.3, 0.4) is 0 Å². The molecule has 4 heterocycles. The summed E-state index contributed by atoms with van der Waals surface area (Å²) in [6.07, 6.45) is 4.16. The molecule has 0 unspecified atom stereocenters. The van der Waals surface area contributed by atoms with Crippen molar-refractivity contribution in [3.8, 4) is 0 Å². The molecular weight excluding hydrogens is 188 g/mol. The Labute approximate surface area is 92.6 Å². The van der Waals surface area contributed by atoms with Crippen molar-refractivity contribution in [1.82, 2.24) is 14.7 Å². The van der Waals surface area contributed by atoms with E-state index in [1.54, 1.807) is 0 Å². The molecule has 4 bridgehead atoms. The second-order valence-corrected chi connectivity index (χ2v) is 5.63. The lowest BCUT2D eigenvalue weighted by molar-refractivity contribution is -0.980. The van der Waals surface area contributed by atoms with Crippen molar-refractivity contribution in [3.63, 3.8) is 0 Å². The molecule has 0 aliphatic carbocycles. The smallest absolute Gasteiger partial charge is 0.139 e. The first-order valence-corrected chi connectivity index (χ1v) is 6.32. The fourth-order valence-corrected chi connectivity index (χ4v) is 3.57. The molecule has 0 N–H and O–H groups in total. The van der Waals surface area contributed by atoms with Gasteiger partial charge in [0.15, 0.2) is 0 Å². The normalized spacial score (nSPS) is 47.4. The summed E-state index contributed by atoms with van der Waals surface area (Å²) in [6.45, 7) is 11.2. The average Bonchev–Trinajstić information content (AvgIpc) is 2.15. The average molecular weight is 211 g/mol. The third-order valence-corrected chi connectivity index (χ3v) is 3.94. The van der Waals surface area contributed by atoms with Gasteiger partial charge in [0.05, 0.1) is 26.6 Å². The molecule has 4 heteroatoms. The van der Waals surface area contributed by atoms with Crippen LogP contribution in [0.1, 0.15) is 26.2 Å². The number of nitrogens with zero attached hydrogens (tertiary/aromatic N) is 4. The summed E-state index contributed by atoms with van der Waals surface area (Å²) in [4.78, 5) is 7.80. The maximum absolute atomic E-state index is 2.60. The molecule has 4 fully saturated rings. The molecule has 86 valence electrons. The molecule has 0 atom stereocenters. The van der Waals surface area contributed by atoms with E-state index in [1.807, 2.05) is 0 Å². The van der Waals surface area contributed by atoms with E-state index in [0.29, 0.717) is 0 Å². The van der Waals surface area contributed by atoms with E-state index in [1.165, 1.54) is 70.3 Å². The Balaban J connectivity index is 1.65. The molecule has 0 aromatic carbocycles. The highest BCUT2D eigenvalue weighted by Crippen LogP contribution is 2.28. The second kappa shape index (κ2) is 3.70. The number of hydrogen-bond donors (Lipinski definition) is 0. The lowest BCUT2D eigenvalue weighted by Crippen LogP contribution is -2.79. The van der Waals surface area contributed by atoms with Gasteiger partial charge in [0, 0.05) is 0 Å². The Bertz CT molecular complexity index is 205. The van der Waals surface area contributed by atoms with Crippen LogP contribution >= 0.6 is 0 Å². The molecule has 4 aliphatic heterocycles. The van der Waals surface area contributed by atoms with Crippen molar-refractivity contribution < 1.29 is 4.48 Å². The van der Waals surface area contributed by atoms with Crippen LogP contribution in [0, 0.1) is 0 Å². The molecular formula is C11H23N4+. The topological polar surface area (TPSA) is 9.72 Å². The summed E-state index contributed by atoms with van der Waals surface area (Å²) < 4.78 is 1.32. The van der Waals surface area contributed by atoms with E-state index in [2.05, 4.69) is 21.6 Å². The minimum atomic E-state index is 1.21. The molecule has 0 radical (unpaired) electrons. The Morgan fingerprint density at radius 2 is 1.40 bits per heavy atom. The molecule has 15 heavy (non-hydrogen) atoms. The highest BCUT2D eigenvalue weighted by Gasteiger charge is 2.47. The minimum absolute atomic E-state index is 1.21. The van der Waals surface area contributed by atoms with Gasteiger partial charge >= 0.3 is 0 Å². The SMILES string of the molecule is CCCCC[N+]12CN3CN(CN(C3)C1)C2. The van der Waals surface area contributed by atoms with Crippen molar-refractivity contribution >= 4 is 0 Å². The summed E-state index contributed by atoms with van der Waals surface area (Å²) in [5, 5.41) is 0. The van der Waals surface area contributed by atoms with Gasteiger partial charge in [0.2, 0.25) is 0 Å². The summed E-state index contributed by atoms with van der Waals surface area (Å²) in [6, 6.07) is 0. The predicted octanol–water partition coefficient (Wildman–Crippen LogP) is 0.685. The van der Waals surface area contributed by atoms with Crippen LogP contribution < -0.4 is 0 Å². The van der Waals surface area contributed by atoms with Crippen molar-refractivity contribution in [2.75, 3.05) is 46.6 Å². The Hall–Kier alpha value is -0.160. The van der Waals surface area contributed by atoms with Gasteiger partial charge in [-0.15, -0.1) is 0 Å². The van der Waals surface area contributed by atoms with Gasteiger partial charge in [-0.3, -0.25) is 4.48 Å². The lowest BCUT2D eigenvalue weighted by atomic mass is 10.2. The van der Waals surface area contributed by atoms with Gasteiger partial charge in [-0.2, -0.15) is 0 Å². The van der Waals surface area contributed by atoms with E-state index in [9.17, 15) is 0 Å². The first-order chi connectivity index (χ1) is 7.30. The van der Waals surface area contributed by atoms with Crippen LogP contribution in [0.5, 0.6) is 0 Å². The highest BCUT2D eigenvalue weighted by molar-refractivity contribution is 4.73. The molecule has 4 saturated heterocycles. The van der Waals surface area contributed by atoms with E-state index in [4.69, 9.17) is 0 Å². The monoisotopic (exact) mass is 211 g/mol. The largest absolute Gasteiger partial charge is 0.286 e. The number of quaternary nitrogens is 1. The second-order valence-electron chi connectivity index (χ2n) is 5.63. The first kappa shape index (κ1) is 10.0. The van der Waals surface area contributed by atoms with Gasteiger partial charge in [0.25, 0.3) is 0 Å². The van der Waals surface area contributed by atoms with Crippen LogP contribution in [0.2, 0.25) is 0 Å². The molecule has 0 spiro atoms. The van der Waals surface area contributed by atoms with Crippen LogP contribution in [0.25, 0.3) is 0 Å². The summed E-state index contributed by atoms with van der Waals surface area (Å²) >= 11 is 0. The maximum atomic E-state index is 2.60. The van der Waals surface area contributed by atoms with Crippen molar-refractivity contribution in [2.24, 2.45) is 0 Å². The standard InChI is InChI=1S/C11H23N4/c1-2-3-4-5-15-9-12-6-13(10-15)8-14(7-12)11-15/h2-11H2,1H3/q+1. The molecule has 0 amide bonds. The molecule has 4 aliphatic rings. The van der Waals surface area contributed by atoms with Crippen molar-refractivity contribution in [3.05, 3.63) is 0 Å². The highest BCUT2D eigenvalue weighted by atomic mass is 15.7. The van der Waals surface area contributed by atoms with E-state index in [0.717, 1.165) is 0 Å². The van der Waals surface area contributed by atoms with Gasteiger partial charge in [0.1, 0.15) is 20.0 Å². The third-order valence-electron chi connectivity index (χ3n) is 3.94. The zero-order valence-corrected chi connectivity index (χ0v) is 9.86. The number of rotatable bonds is 4. The lowest BCUT2D eigenvalue weighted by Gasteiger charge is -2.60. The fourth-order valence-electron chi connectivity index (χ4n) is 3.57. The van der Waals surface area contributed by atoms with Crippen molar-refractivity contribution in [2.45, 2.75) is 26.2 Å². The summed E-state index contributed by atoms with van der Waals surface area (Å²) in [7, 11) is 0. The number of unbranched alkanes of at least 4 members (excludes halogenated alkanes) is 2. The Morgan fingerprint density at radius 3 is 1.87 bits per heavy atom. The molecule has 4 rings (SSSR count). The third kappa shape index (κ3) is 1.80. The predicted molar refractivity (Wildman–Crippen MR) is 59.4 cm³/mol. The zero-order valence-electron chi connectivity index (χ0n) is 9.86. The van der Waals surface area contributed by atoms with Crippen LogP contribution in [0.15, 0.2) is 0 Å². The first-order valence-electron chi connectivity index (χ1n) is 6.32. The maximum Gasteiger partial charge on any atom is 0.139 e. The van der Waals surface area contributed by atoms with Gasteiger partial charge in [-0.25, -0.2) is 14.7 Å². The van der Waals surface area contributed by atoms with Crippen LogP contribution in [-0.2, 0) is 0 Å². The number of hydrogen-bond acceptors (Lipinski definition) is 3. The van der Waals surface area contributed by atoms with Crippen molar-refractivity contribution in [1.29, 1.82) is 0 Å². The molecule has 0 aromatic heterocycles. The van der Waals surface area contributed by atoms with E-state index >= 15 is 0 Å². The van der Waals surface area contributed by atoms with Gasteiger partial charge < -0.3 is 0 Å². The molecule has 0 aromatic rings. The van der Waals surface area contributed by atoms with Gasteiger partial charge in [-0.05, 0) is 12.8 Å². The van der Waals surface area contributed by atoms with E-state index in [-0.39, 0.29) is 0 Å². The quantitative estimate of drug-likeness (QED) is 0.500. The van der Waals surface area contributed by atoms with Crippen LogP contribution in [0.4, 0.5) is 0 Å². The Morgan fingerprint density at radius 1 is 0.867 bits per heavy atom. The van der Waals surface area contributed by atoms with Crippen LogP contribution in [-0.4, -0.2) is 65.7 Å². The van der Waals surface area contributed by atoms with Gasteiger partial charge in [-0.1, -0.05) is 13.3 Å². The molecule has 0 saturated carbocycles. The minimum Gasteiger partial charge on any atom is -0.286 e. The zero-order chi connectivity index (χ0) is 10.3. The Kier molecular flexibility index (Phi) is 2.47. The van der Waals surface area contributed by atoms with E-state index < -0.39 is 0 Å². The summed E-state index contributed by atoms with van der Waals surface area (Å²) in [5.41, 5.74) is 0.